The zero-order valence-corrected chi connectivity index (χ0v) is 56.5. The molecular formula is C83H69F5O8S3. The number of hydrogen-bond donors (Lipinski definition) is 0. The van der Waals surface area contributed by atoms with Gasteiger partial charge in [0.1, 0.15) is 5.75 Å². The summed E-state index contributed by atoms with van der Waals surface area (Å²) in [6, 6.07) is 97.4. The molecule has 4 fully saturated rings. The van der Waals surface area contributed by atoms with Crippen molar-refractivity contribution in [2.24, 2.45) is 29.1 Å². The van der Waals surface area contributed by atoms with Crippen molar-refractivity contribution in [3.8, 4) is 10.6 Å². The average Bonchev–Trinajstić information content (AvgIpc) is 0.975. The van der Waals surface area contributed by atoms with E-state index >= 15 is 0 Å². The van der Waals surface area contributed by atoms with E-state index < -0.39 is 58.0 Å². The van der Waals surface area contributed by atoms with Gasteiger partial charge in [-0.15, -0.1) is 0 Å². The topological polar surface area (TPSA) is 147 Å². The van der Waals surface area contributed by atoms with Gasteiger partial charge in [0.25, 0.3) is 0 Å². The third kappa shape index (κ3) is 17.8. The van der Waals surface area contributed by atoms with E-state index in [4.69, 9.17) is 4.74 Å². The van der Waals surface area contributed by atoms with Gasteiger partial charge in [-0.25, -0.2) is 22.0 Å². The van der Waals surface area contributed by atoms with Crippen molar-refractivity contribution in [1.82, 2.24) is 0 Å². The standard InChI is InChI=1S/C22H21O2S.C18H13S.C18H15S.C11H16O2.C7HF5O2.C7H6O2/c1-17(2)22(23)24-18-13-15-21(16-14-18)25(19-9-5-3-6-10-19)20-11-7-4-8-12-20;1-2-8-14(9-3-1)19-17-12-6-4-10-15(17)16-11-5-7-13-18(16)19;1-4-10-16(11-5-1)19(17-12-6-2-7-13-17)18-14-8-3-9-15-18;12-10(13)11-4-7-1-8(5-11)3-9(2-7)6-11;8-2-1(7(13)14)3(9)5(11)6(12)4(2)10;8-7(9)6-4-2-1-3-5-6/h3-17H,1-2H3;1-13H;1-15H;7-9H,1-6H2,(H,12,13);(H,13,14);1-5H,(H,8,9)/q3*+1;;;/p-3. The van der Waals surface area contributed by atoms with Crippen molar-refractivity contribution in [1.29, 1.82) is 0 Å². The Morgan fingerprint density at radius 1 is 0.394 bits per heavy atom. The van der Waals surface area contributed by atoms with Crippen LogP contribution in [0.1, 0.15) is 73.1 Å². The van der Waals surface area contributed by atoms with Gasteiger partial charge < -0.3 is 34.4 Å². The van der Waals surface area contributed by atoms with Gasteiger partial charge >= 0.3 is 5.97 Å². The Bertz CT molecular complexity index is 4400. The average molecular weight is 1390 g/mol. The van der Waals surface area contributed by atoms with Crippen molar-refractivity contribution in [3.63, 3.8) is 0 Å². The fraction of sp³-hybridized carbons (Fsp3) is 0.157. The summed E-state index contributed by atoms with van der Waals surface area (Å²) in [6.07, 6.45) is 6.65. The van der Waals surface area contributed by atoms with Crippen LogP contribution in [0.5, 0.6) is 5.75 Å². The largest absolute Gasteiger partial charge is 0.550 e. The van der Waals surface area contributed by atoms with Crippen LogP contribution in [0.25, 0.3) is 25.1 Å². The van der Waals surface area contributed by atoms with Crippen LogP contribution in [0, 0.1) is 58.2 Å². The predicted octanol–water partition coefficient (Wildman–Crippen LogP) is 17.6. The number of carboxylic acids is 3. The lowest BCUT2D eigenvalue weighted by molar-refractivity contribution is -0.327. The molecule has 4 bridgehead atoms. The summed E-state index contributed by atoms with van der Waals surface area (Å²) < 4.78 is 70.3. The van der Waals surface area contributed by atoms with Gasteiger partial charge in [-0.2, -0.15) is 0 Å². The summed E-state index contributed by atoms with van der Waals surface area (Å²) in [5, 5.41) is 34.0. The molecule has 8 nitrogen and oxygen atoms in total. The number of hydrogen-bond acceptors (Lipinski definition) is 8. The fourth-order valence-electron chi connectivity index (χ4n) is 12.9. The molecule has 0 N–H and O–H groups in total. The maximum Gasteiger partial charge on any atom is 0.313 e. The molecule has 502 valence electrons. The van der Waals surface area contributed by atoms with Crippen LogP contribution < -0.4 is 20.1 Å². The quantitative estimate of drug-likeness (QED) is 0.0293. The summed E-state index contributed by atoms with van der Waals surface area (Å²) in [6.45, 7) is 3.66. The van der Waals surface area contributed by atoms with Gasteiger partial charge in [0.15, 0.2) is 66.9 Å². The highest BCUT2D eigenvalue weighted by atomic mass is 32.2. The second-order valence-electron chi connectivity index (χ2n) is 24.2. The van der Waals surface area contributed by atoms with Crippen LogP contribution >= 0.6 is 10.5 Å². The molecule has 0 radical (unpaired) electrons. The number of esters is 1. The van der Waals surface area contributed by atoms with Gasteiger partial charge in [0.05, 0.1) is 45.2 Å². The molecule has 11 aromatic carbocycles. The number of carbonyl (C=O) groups excluding carboxylic acids is 4. The van der Waals surface area contributed by atoms with Crippen molar-refractivity contribution in [3.05, 3.63) is 325 Å². The van der Waals surface area contributed by atoms with Crippen molar-refractivity contribution in [2.45, 2.75) is 81.7 Å². The molecule has 12 aromatic rings. The highest BCUT2D eigenvalue weighted by Crippen LogP contribution is 2.60. The number of aliphatic carboxylic acids is 1. The Morgan fingerprint density at radius 3 is 1.01 bits per heavy atom. The first-order valence-electron chi connectivity index (χ1n) is 32.1. The second-order valence-corrected chi connectivity index (χ2v) is 30.2. The number of carboxylic acid groups (broad SMARTS) is 3. The predicted molar refractivity (Wildman–Crippen MR) is 376 cm³/mol. The summed E-state index contributed by atoms with van der Waals surface area (Å²) in [4.78, 5) is 52.2. The molecule has 99 heavy (non-hydrogen) atoms. The van der Waals surface area contributed by atoms with Gasteiger partial charge in [-0.3, -0.25) is 4.79 Å². The van der Waals surface area contributed by atoms with Crippen LogP contribution in [-0.4, -0.2) is 23.9 Å². The molecule has 16 heteroatoms. The van der Waals surface area contributed by atoms with E-state index in [-0.39, 0.29) is 49.7 Å². The third-order valence-corrected chi connectivity index (χ3v) is 23.8. The second kappa shape index (κ2) is 33.9. The lowest BCUT2D eigenvalue weighted by Crippen LogP contribution is -2.54. The molecule has 4 aliphatic rings. The number of fused-ring (bicyclic) bond motifs is 3. The SMILES string of the molecule is CC(C)C(=O)Oc1ccc([S+](c2ccccc2)c2ccccc2)cc1.O=C([O-])C12CC3CC(CC(C3)C1)C2.O=C([O-])c1c(F)c(F)c(F)c(F)c1F.O=C([O-])c1ccccc1.c1ccc(-[s+]2c3ccccc3c3ccccc32)cc1.c1ccc([S+](c2ccccc2)c2ccccc2)cc1. The number of carbonyl (C=O) groups is 4. The van der Waals surface area contributed by atoms with Crippen LogP contribution in [0.3, 0.4) is 0 Å². The Kier molecular flexibility index (Phi) is 24.5. The number of aromatic carboxylic acids is 2. The Hall–Kier alpha value is -10.1. The molecule has 1 heterocycles. The monoisotopic (exact) mass is 1380 g/mol. The summed E-state index contributed by atoms with van der Waals surface area (Å²) in [5.41, 5.74) is -2.15. The zero-order valence-electron chi connectivity index (χ0n) is 54.1. The minimum Gasteiger partial charge on any atom is -0.550 e. The van der Waals surface area contributed by atoms with E-state index in [1.165, 1.54) is 85.8 Å². The molecule has 0 unspecified atom stereocenters. The van der Waals surface area contributed by atoms with E-state index in [1.807, 2.05) is 50.2 Å². The van der Waals surface area contributed by atoms with Crippen molar-refractivity contribution in [2.75, 3.05) is 0 Å². The highest BCUT2D eigenvalue weighted by molar-refractivity contribution is 7.97. The number of halogens is 5. The van der Waals surface area contributed by atoms with Gasteiger partial charge in [0.2, 0.25) is 5.82 Å². The molecular weight excluding hydrogens is 1320 g/mol. The first kappa shape index (κ1) is 71.6. The smallest absolute Gasteiger partial charge is 0.313 e. The molecule has 0 atom stereocenters. The maximum atomic E-state index is 12.5. The van der Waals surface area contributed by atoms with Crippen LogP contribution in [0.2, 0.25) is 0 Å². The highest BCUT2D eigenvalue weighted by Gasteiger charge is 2.51. The van der Waals surface area contributed by atoms with Crippen molar-refractivity contribution < 1.29 is 61.2 Å². The molecule has 4 aliphatic carbocycles. The lowest BCUT2D eigenvalue weighted by atomic mass is 9.49. The number of rotatable bonds is 12. The number of thiophene rings is 1. The zero-order chi connectivity index (χ0) is 70.0. The molecule has 0 aliphatic heterocycles. The molecule has 0 saturated heterocycles. The lowest BCUT2D eigenvalue weighted by Gasteiger charge is -2.57. The van der Waals surface area contributed by atoms with E-state index in [1.54, 1.807) is 18.2 Å². The van der Waals surface area contributed by atoms with Crippen LogP contribution in [0.15, 0.2) is 314 Å². The summed E-state index contributed by atoms with van der Waals surface area (Å²) in [5.74, 6) is -13.9. The van der Waals surface area contributed by atoms with Gasteiger partial charge in [0, 0.05) is 32.6 Å². The normalized spacial score (nSPS) is 16.1. The van der Waals surface area contributed by atoms with Crippen LogP contribution in [0.4, 0.5) is 22.0 Å². The molecule has 4 saturated carbocycles. The maximum absolute atomic E-state index is 12.5. The molecule has 0 amide bonds. The summed E-state index contributed by atoms with van der Waals surface area (Å²) >= 11 is 0. The van der Waals surface area contributed by atoms with Gasteiger partial charge in [-0.05, 0) is 183 Å². The third-order valence-electron chi connectivity index (χ3n) is 17.0. The van der Waals surface area contributed by atoms with E-state index in [0.29, 0.717) is 23.5 Å². The minimum atomic E-state index is -2.47. The number of ether oxygens (including phenoxy) is 1. The van der Waals surface area contributed by atoms with E-state index in [9.17, 15) is 56.4 Å². The molecule has 16 rings (SSSR count). The van der Waals surface area contributed by atoms with Crippen LogP contribution in [-0.2, 0) is 31.4 Å². The Balaban J connectivity index is 0.000000132. The van der Waals surface area contributed by atoms with E-state index in [2.05, 4.69) is 218 Å². The molecule has 0 spiro atoms. The van der Waals surface area contributed by atoms with Gasteiger partial charge in [-0.1, -0.05) is 178 Å². The fourth-order valence-corrected chi connectivity index (χ4v) is 19.4. The first-order valence-corrected chi connectivity index (χ1v) is 35.8. The first-order chi connectivity index (χ1) is 47.9. The molecule has 1 aromatic heterocycles. The summed E-state index contributed by atoms with van der Waals surface area (Å²) in [7, 11) is -0.140. The Labute approximate surface area is 580 Å². The Morgan fingerprint density at radius 2 is 0.697 bits per heavy atom. The van der Waals surface area contributed by atoms with Crippen molar-refractivity contribution >= 4 is 76.3 Å². The minimum absolute atomic E-state index is 0.0146. The van der Waals surface area contributed by atoms with E-state index in [0.717, 1.165) is 19.3 Å². The number of benzene rings is 11.